The van der Waals surface area contributed by atoms with Crippen molar-refractivity contribution in [3.63, 3.8) is 0 Å². The highest BCUT2D eigenvalue weighted by Crippen LogP contribution is 2.32. The summed E-state index contributed by atoms with van der Waals surface area (Å²) in [5.74, 6) is -0.185. The van der Waals surface area contributed by atoms with E-state index in [0.29, 0.717) is 11.3 Å². The molecule has 0 radical (unpaired) electrons. The second-order valence-electron chi connectivity index (χ2n) is 5.30. The first-order valence-corrected chi connectivity index (χ1v) is 7.83. The Balaban J connectivity index is 2.05. The van der Waals surface area contributed by atoms with Crippen molar-refractivity contribution >= 4 is 39.1 Å². The van der Waals surface area contributed by atoms with Crippen molar-refractivity contribution in [1.29, 1.82) is 0 Å². The molecule has 1 atom stereocenters. The Bertz CT molecular complexity index is 728. The maximum Gasteiger partial charge on any atom is 0.258 e. The zero-order valence-electron chi connectivity index (χ0n) is 12.0. The molecule has 0 bridgehead atoms. The molecule has 4 nitrogen and oxygen atoms in total. The Morgan fingerprint density at radius 2 is 1.86 bits per heavy atom. The van der Waals surface area contributed by atoms with E-state index < -0.39 is 0 Å². The summed E-state index contributed by atoms with van der Waals surface area (Å²) in [6.07, 6.45) is 0.275. The first-order valence-electron chi connectivity index (χ1n) is 7.04. The number of carbonyl (C=O) groups excluding carboxylic acids is 2. The van der Waals surface area contributed by atoms with Gasteiger partial charge >= 0.3 is 0 Å². The van der Waals surface area contributed by atoms with Gasteiger partial charge in [-0.05, 0) is 43.3 Å². The summed E-state index contributed by atoms with van der Waals surface area (Å²) >= 11 is 3.37. The minimum absolute atomic E-state index is 0.0777. The molecule has 2 aromatic carbocycles. The van der Waals surface area contributed by atoms with Crippen LogP contribution in [0.15, 0.2) is 53.0 Å². The van der Waals surface area contributed by atoms with Gasteiger partial charge in [0, 0.05) is 22.5 Å². The fraction of sp³-hybridized carbons (Fsp3) is 0.176. The maximum absolute atomic E-state index is 12.9. The van der Waals surface area contributed by atoms with Crippen LogP contribution in [0.25, 0.3) is 0 Å². The van der Waals surface area contributed by atoms with Crippen LogP contribution in [0.4, 0.5) is 11.4 Å². The van der Waals surface area contributed by atoms with Gasteiger partial charge in [-0.25, -0.2) is 0 Å². The summed E-state index contributed by atoms with van der Waals surface area (Å²) in [5.41, 5.74) is 2.00. The molecule has 0 saturated carbocycles. The SMILES string of the molecule is CC1CC(=O)Nc2ccccc2N1C(=O)c1ccc(Br)cc1. The molecular weight excluding hydrogens is 344 g/mol. The predicted octanol–water partition coefficient (Wildman–Crippen LogP) is 3.83. The number of benzene rings is 2. The Morgan fingerprint density at radius 1 is 1.18 bits per heavy atom. The molecule has 2 aromatic rings. The number of rotatable bonds is 1. The van der Waals surface area contributed by atoms with Gasteiger partial charge in [-0.15, -0.1) is 0 Å². The number of carbonyl (C=O) groups is 2. The van der Waals surface area contributed by atoms with Gasteiger partial charge in [0.2, 0.25) is 5.91 Å². The third kappa shape index (κ3) is 2.76. The summed E-state index contributed by atoms with van der Waals surface area (Å²) in [7, 11) is 0. The molecule has 1 aliphatic rings. The summed E-state index contributed by atoms with van der Waals surface area (Å²) in [6.45, 7) is 1.89. The van der Waals surface area contributed by atoms with E-state index in [1.807, 2.05) is 43.3 Å². The molecule has 1 N–H and O–H groups in total. The molecule has 3 rings (SSSR count). The van der Waals surface area contributed by atoms with Crippen LogP contribution in [0, 0.1) is 0 Å². The van der Waals surface area contributed by atoms with E-state index in [4.69, 9.17) is 0 Å². The standard InChI is InChI=1S/C17H15BrN2O2/c1-11-10-16(21)19-14-4-2-3-5-15(14)20(11)17(22)12-6-8-13(18)9-7-12/h2-9,11H,10H2,1H3,(H,19,21). The molecule has 2 amide bonds. The number of nitrogens with one attached hydrogen (secondary N) is 1. The van der Waals surface area contributed by atoms with Gasteiger partial charge < -0.3 is 10.2 Å². The summed E-state index contributed by atoms with van der Waals surface area (Å²) in [6, 6.07) is 14.4. The van der Waals surface area contributed by atoms with Crippen molar-refractivity contribution in [3.05, 3.63) is 58.6 Å². The van der Waals surface area contributed by atoms with Crippen molar-refractivity contribution in [2.75, 3.05) is 10.2 Å². The number of para-hydroxylation sites is 2. The quantitative estimate of drug-likeness (QED) is 0.842. The van der Waals surface area contributed by atoms with Gasteiger partial charge in [0.25, 0.3) is 5.91 Å². The predicted molar refractivity (Wildman–Crippen MR) is 90.1 cm³/mol. The number of halogens is 1. The fourth-order valence-electron chi connectivity index (χ4n) is 2.63. The Kier molecular flexibility index (Phi) is 3.98. The highest BCUT2D eigenvalue weighted by atomic mass is 79.9. The van der Waals surface area contributed by atoms with Crippen LogP contribution in [0.3, 0.4) is 0 Å². The Morgan fingerprint density at radius 3 is 2.59 bits per heavy atom. The van der Waals surface area contributed by atoms with Crippen LogP contribution in [0.5, 0.6) is 0 Å². The lowest BCUT2D eigenvalue weighted by Gasteiger charge is -2.28. The van der Waals surface area contributed by atoms with Gasteiger partial charge in [0.1, 0.15) is 0 Å². The second kappa shape index (κ2) is 5.93. The van der Waals surface area contributed by atoms with Crippen LogP contribution in [-0.4, -0.2) is 17.9 Å². The minimum atomic E-state index is -0.209. The van der Waals surface area contributed by atoms with E-state index in [-0.39, 0.29) is 24.3 Å². The number of amides is 2. The smallest absolute Gasteiger partial charge is 0.258 e. The third-order valence-electron chi connectivity index (χ3n) is 3.67. The number of fused-ring (bicyclic) bond motifs is 1. The highest BCUT2D eigenvalue weighted by Gasteiger charge is 2.30. The van der Waals surface area contributed by atoms with Gasteiger partial charge in [0.05, 0.1) is 11.4 Å². The largest absolute Gasteiger partial charge is 0.324 e. The maximum atomic E-state index is 12.9. The zero-order chi connectivity index (χ0) is 15.7. The van der Waals surface area contributed by atoms with E-state index in [1.165, 1.54) is 0 Å². The molecule has 112 valence electrons. The molecule has 0 spiro atoms. The molecule has 1 aliphatic heterocycles. The van der Waals surface area contributed by atoms with Crippen molar-refractivity contribution in [2.24, 2.45) is 0 Å². The molecule has 0 fully saturated rings. The molecular formula is C17H15BrN2O2. The van der Waals surface area contributed by atoms with E-state index in [2.05, 4.69) is 21.2 Å². The molecule has 0 saturated heterocycles. The van der Waals surface area contributed by atoms with Gasteiger partial charge in [-0.1, -0.05) is 28.1 Å². The summed E-state index contributed by atoms with van der Waals surface area (Å²) in [4.78, 5) is 26.6. The molecule has 0 aliphatic carbocycles. The zero-order valence-corrected chi connectivity index (χ0v) is 13.6. The van der Waals surface area contributed by atoms with E-state index >= 15 is 0 Å². The Labute approximate surface area is 137 Å². The van der Waals surface area contributed by atoms with Crippen molar-refractivity contribution < 1.29 is 9.59 Å². The van der Waals surface area contributed by atoms with Crippen molar-refractivity contribution in [3.8, 4) is 0 Å². The topological polar surface area (TPSA) is 49.4 Å². The van der Waals surface area contributed by atoms with E-state index in [1.54, 1.807) is 17.0 Å². The lowest BCUT2D eigenvalue weighted by molar-refractivity contribution is -0.116. The van der Waals surface area contributed by atoms with Crippen molar-refractivity contribution in [2.45, 2.75) is 19.4 Å². The monoisotopic (exact) mass is 358 g/mol. The first-order chi connectivity index (χ1) is 10.6. The molecule has 1 unspecified atom stereocenters. The normalized spacial score (nSPS) is 17.5. The van der Waals surface area contributed by atoms with Crippen LogP contribution in [-0.2, 0) is 4.79 Å². The molecule has 1 heterocycles. The van der Waals surface area contributed by atoms with Crippen molar-refractivity contribution in [1.82, 2.24) is 0 Å². The van der Waals surface area contributed by atoms with Crippen LogP contribution < -0.4 is 10.2 Å². The van der Waals surface area contributed by atoms with Gasteiger partial charge in [-0.3, -0.25) is 9.59 Å². The number of anilines is 2. The second-order valence-corrected chi connectivity index (χ2v) is 6.22. The molecule has 5 heteroatoms. The summed E-state index contributed by atoms with van der Waals surface area (Å²) in [5, 5.41) is 2.86. The lowest BCUT2D eigenvalue weighted by Crippen LogP contribution is -2.39. The number of hydrogen-bond donors (Lipinski definition) is 1. The van der Waals surface area contributed by atoms with Crippen LogP contribution in [0.1, 0.15) is 23.7 Å². The highest BCUT2D eigenvalue weighted by molar-refractivity contribution is 9.10. The van der Waals surface area contributed by atoms with E-state index in [9.17, 15) is 9.59 Å². The van der Waals surface area contributed by atoms with Gasteiger partial charge in [0.15, 0.2) is 0 Å². The van der Waals surface area contributed by atoms with Gasteiger partial charge in [-0.2, -0.15) is 0 Å². The number of hydrogen-bond acceptors (Lipinski definition) is 2. The molecule has 22 heavy (non-hydrogen) atoms. The minimum Gasteiger partial charge on any atom is -0.324 e. The average Bonchev–Trinajstić information content (AvgIpc) is 2.61. The summed E-state index contributed by atoms with van der Waals surface area (Å²) < 4.78 is 0.921. The Hall–Kier alpha value is -2.14. The number of nitrogens with zero attached hydrogens (tertiary/aromatic N) is 1. The first kappa shape index (κ1) is 14.8. The van der Waals surface area contributed by atoms with E-state index in [0.717, 1.165) is 10.2 Å². The average molecular weight is 359 g/mol. The van der Waals surface area contributed by atoms with Crippen LogP contribution >= 0.6 is 15.9 Å². The molecule has 0 aromatic heterocycles. The third-order valence-corrected chi connectivity index (χ3v) is 4.20. The van der Waals surface area contributed by atoms with Crippen LogP contribution in [0.2, 0.25) is 0 Å². The fourth-order valence-corrected chi connectivity index (χ4v) is 2.89. The lowest BCUT2D eigenvalue weighted by atomic mass is 10.1.